The smallest absolute Gasteiger partial charge is 0.274 e. The first-order chi connectivity index (χ1) is 9.97. The fourth-order valence-electron chi connectivity index (χ4n) is 2.23. The van der Waals surface area contributed by atoms with Crippen LogP contribution in [0.5, 0.6) is 0 Å². The number of hydrogen-bond acceptors (Lipinski definition) is 4. The van der Waals surface area contributed by atoms with Crippen LogP contribution in [0.3, 0.4) is 0 Å². The Morgan fingerprint density at radius 2 is 1.90 bits per heavy atom. The maximum absolute atomic E-state index is 12.4. The predicted octanol–water partition coefficient (Wildman–Crippen LogP) is 1.71. The van der Waals surface area contributed by atoms with Gasteiger partial charge in [0.25, 0.3) is 5.91 Å². The van der Waals surface area contributed by atoms with Gasteiger partial charge in [-0.3, -0.25) is 9.69 Å². The first kappa shape index (κ1) is 16.5. The number of likely N-dealkylation sites (N-methyl/N-ethyl adjacent to an activating group) is 1. The molecular weight excluding hydrogens is 311 g/mol. The van der Waals surface area contributed by atoms with E-state index in [0.717, 1.165) is 26.2 Å². The molecule has 0 N–H and O–H groups in total. The van der Waals surface area contributed by atoms with E-state index in [9.17, 15) is 4.79 Å². The molecule has 21 heavy (non-hydrogen) atoms. The molecule has 116 valence electrons. The highest BCUT2D eigenvalue weighted by molar-refractivity contribution is 6.34. The summed E-state index contributed by atoms with van der Waals surface area (Å²) in [4.78, 5) is 22.8. The zero-order valence-electron chi connectivity index (χ0n) is 12.4. The van der Waals surface area contributed by atoms with E-state index >= 15 is 0 Å². The van der Waals surface area contributed by atoms with Gasteiger partial charge in [-0.2, -0.15) is 0 Å². The van der Waals surface area contributed by atoms with Crippen LogP contribution >= 0.6 is 23.2 Å². The van der Waals surface area contributed by atoms with Gasteiger partial charge in [-0.25, -0.2) is 4.98 Å². The summed E-state index contributed by atoms with van der Waals surface area (Å²) in [6.45, 7) is 5.17. The zero-order valence-corrected chi connectivity index (χ0v) is 13.9. The third kappa shape index (κ3) is 4.54. The molecule has 2 heterocycles. The van der Waals surface area contributed by atoms with Gasteiger partial charge in [-0.15, -0.1) is 0 Å². The van der Waals surface area contributed by atoms with Crippen molar-refractivity contribution in [3.63, 3.8) is 0 Å². The van der Waals surface area contributed by atoms with Crippen LogP contribution in [0.15, 0.2) is 12.1 Å². The van der Waals surface area contributed by atoms with Gasteiger partial charge in [0.05, 0.1) is 5.02 Å². The summed E-state index contributed by atoms with van der Waals surface area (Å²) in [7, 11) is 4.12. The molecule has 1 aliphatic heterocycles. The van der Waals surface area contributed by atoms with Crippen molar-refractivity contribution in [3.8, 4) is 0 Å². The number of amides is 1. The zero-order chi connectivity index (χ0) is 15.4. The summed E-state index contributed by atoms with van der Waals surface area (Å²) in [6.07, 6.45) is 0. The molecule has 0 radical (unpaired) electrons. The summed E-state index contributed by atoms with van der Waals surface area (Å²) in [5.74, 6) is -0.144. The molecule has 1 saturated heterocycles. The van der Waals surface area contributed by atoms with Crippen LogP contribution in [0.4, 0.5) is 0 Å². The van der Waals surface area contributed by atoms with Gasteiger partial charge in [0, 0.05) is 39.3 Å². The molecule has 1 aromatic rings. The Morgan fingerprint density at radius 3 is 2.52 bits per heavy atom. The van der Waals surface area contributed by atoms with E-state index in [2.05, 4.69) is 28.9 Å². The number of carbonyl (C=O) groups is 1. The van der Waals surface area contributed by atoms with Gasteiger partial charge in [-0.1, -0.05) is 23.2 Å². The SMILES string of the molecule is CN(C)CCN1CCN(C(=O)c2nc(Cl)ccc2Cl)CC1. The molecular formula is C14H20Cl2N4O. The monoisotopic (exact) mass is 330 g/mol. The molecule has 0 aromatic carbocycles. The van der Waals surface area contributed by atoms with Gasteiger partial charge in [0.15, 0.2) is 0 Å². The van der Waals surface area contributed by atoms with E-state index in [1.54, 1.807) is 17.0 Å². The topological polar surface area (TPSA) is 39.7 Å². The van der Waals surface area contributed by atoms with E-state index < -0.39 is 0 Å². The first-order valence-corrected chi connectivity index (χ1v) is 7.71. The molecule has 1 amide bonds. The minimum absolute atomic E-state index is 0.144. The fraction of sp³-hybridized carbons (Fsp3) is 0.571. The van der Waals surface area contributed by atoms with Crippen molar-refractivity contribution >= 4 is 29.1 Å². The molecule has 1 fully saturated rings. The highest BCUT2D eigenvalue weighted by Gasteiger charge is 2.24. The van der Waals surface area contributed by atoms with Crippen LogP contribution < -0.4 is 0 Å². The molecule has 2 rings (SSSR count). The third-order valence-electron chi connectivity index (χ3n) is 3.54. The maximum atomic E-state index is 12.4. The minimum atomic E-state index is -0.144. The Bertz CT molecular complexity index is 502. The summed E-state index contributed by atoms with van der Waals surface area (Å²) in [5.41, 5.74) is 0.242. The maximum Gasteiger partial charge on any atom is 0.274 e. The third-order valence-corrected chi connectivity index (χ3v) is 4.05. The van der Waals surface area contributed by atoms with Gasteiger partial charge in [-0.05, 0) is 26.2 Å². The van der Waals surface area contributed by atoms with E-state index in [4.69, 9.17) is 23.2 Å². The molecule has 0 aliphatic carbocycles. The molecule has 0 spiro atoms. The molecule has 0 saturated carbocycles. The quantitative estimate of drug-likeness (QED) is 0.788. The second-order valence-electron chi connectivity index (χ2n) is 5.40. The van der Waals surface area contributed by atoms with E-state index in [1.165, 1.54) is 0 Å². The molecule has 0 bridgehead atoms. The van der Waals surface area contributed by atoms with Crippen LogP contribution in [0, 0.1) is 0 Å². The van der Waals surface area contributed by atoms with Crippen molar-refractivity contribution in [2.75, 3.05) is 53.4 Å². The first-order valence-electron chi connectivity index (χ1n) is 6.96. The molecule has 7 heteroatoms. The Kier molecular flexibility index (Phi) is 5.81. The number of aromatic nitrogens is 1. The fourth-order valence-corrected chi connectivity index (χ4v) is 2.57. The summed E-state index contributed by atoms with van der Waals surface area (Å²) in [5, 5.41) is 0.631. The van der Waals surface area contributed by atoms with Gasteiger partial charge >= 0.3 is 0 Å². The number of carbonyl (C=O) groups excluding carboxylic acids is 1. The number of rotatable bonds is 4. The molecule has 1 aliphatic rings. The Labute approximate surface area is 135 Å². The minimum Gasteiger partial charge on any atom is -0.335 e. The molecule has 5 nitrogen and oxygen atoms in total. The Hall–Kier alpha value is -0.880. The van der Waals surface area contributed by atoms with Crippen LogP contribution in [-0.4, -0.2) is 79.0 Å². The number of halogens is 2. The molecule has 0 atom stereocenters. The Morgan fingerprint density at radius 1 is 1.24 bits per heavy atom. The second-order valence-corrected chi connectivity index (χ2v) is 6.20. The van der Waals surface area contributed by atoms with Crippen molar-refractivity contribution in [2.45, 2.75) is 0 Å². The van der Waals surface area contributed by atoms with Crippen LogP contribution in [0.25, 0.3) is 0 Å². The number of hydrogen-bond donors (Lipinski definition) is 0. The van der Waals surface area contributed by atoms with Crippen LogP contribution in [-0.2, 0) is 0 Å². The molecule has 1 aromatic heterocycles. The van der Waals surface area contributed by atoms with Gasteiger partial charge in [0.2, 0.25) is 0 Å². The lowest BCUT2D eigenvalue weighted by Crippen LogP contribution is -2.50. The summed E-state index contributed by atoms with van der Waals surface area (Å²) >= 11 is 11.9. The molecule has 0 unspecified atom stereocenters. The van der Waals surface area contributed by atoms with Crippen molar-refractivity contribution in [3.05, 3.63) is 28.0 Å². The van der Waals surface area contributed by atoms with E-state index in [0.29, 0.717) is 18.1 Å². The highest BCUT2D eigenvalue weighted by Crippen LogP contribution is 2.19. The lowest BCUT2D eigenvalue weighted by atomic mass is 10.2. The number of nitrogens with zero attached hydrogens (tertiary/aromatic N) is 4. The van der Waals surface area contributed by atoms with E-state index in [-0.39, 0.29) is 16.8 Å². The van der Waals surface area contributed by atoms with Crippen molar-refractivity contribution in [1.29, 1.82) is 0 Å². The standard InChI is InChI=1S/C14H20Cl2N4O/c1-18(2)5-6-19-7-9-20(10-8-19)14(21)13-11(15)3-4-12(16)17-13/h3-4H,5-10H2,1-2H3. The summed E-state index contributed by atoms with van der Waals surface area (Å²) < 4.78 is 0. The van der Waals surface area contributed by atoms with Gasteiger partial charge in [0.1, 0.15) is 10.8 Å². The second kappa shape index (κ2) is 7.40. The van der Waals surface area contributed by atoms with Crippen molar-refractivity contribution in [2.24, 2.45) is 0 Å². The largest absolute Gasteiger partial charge is 0.335 e. The Balaban J connectivity index is 1.92. The van der Waals surface area contributed by atoms with E-state index in [1.807, 2.05) is 0 Å². The average molecular weight is 331 g/mol. The lowest BCUT2D eigenvalue weighted by Gasteiger charge is -2.35. The number of piperazine rings is 1. The van der Waals surface area contributed by atoms with Crippen molar-refractivity contribution in [1.82, 2.24) is 19.7 Å². The summed E-state index contributed by atoms with van der Waals surface area (Å²) in [6, 6.07) is 3.19. The highest BCUT2D eigenvalue weighted by atomic mass is 35.5. The number of pyridine rings is 1. The lowest BCUT2D eigenvalue weighted by molar-refractivity contribution is 0.0624. The van der Waals surface area contributed by atoms with Crippen LogP contribution in [0.1, 0.15) is 10.5 Å². The predicted molar refractivity (Wildman–Crippen MR) is 85.2 cm³/mol. The van der Waals surface area contributed by atoms with Crippen molar-refractivity contribution < 1.29 is 4.79 Å². The van der Waals surface area contributed by atoms with Gasteiger partial charge < -0.3 is 9.80 Å². The van der Waals surface area contributed by atoms with Crippen LogP contribution in [0.2, 0.25) is 10.2 Å². The normalized spacial score (nSPS) is 16.5. The average Bonchev–Trinajstić information content (AvgIpc) is 2.47.